The first-order valence-corrected chi connectivity index (χ1v) is 4.94. The molecule has 2 rings (SSSR count). The molecule has 1 aromatic rings. The fraction of sp³-hybridized carbons (Fsp3) is 0.417. The summed E-state index contributed by atoms with van der Waals surface area (Å²) in [7, 11) is 3.20. The maximum atomic E-state index is 11.0. The van der Waals surface area contributed by atoms with E-state index in [0.29, 0.717) is 11.5 Å². The van der Waals surface area contributed by atoms with Gasteiger partial charge in [-0.1, -0.05) is 6.07 Å². The highest BCUT2D eigenvalue weighted by atomic mass is 16.5. The summed E-state index contributed by atoms with van der Waals surface area (Å²) < 4.78 is 10.3. The van der Waals surface area contributed by atoms with E-state index in [1.54, 1.807) is 14.2 Å². The van der Waals surface area contributed by atoms with Gasteiger partial charge in [0.05, 0.1) is 19.6 Å². The fourth-order valence-electron chi connectivity index (χ4n) is 1.76. The molecule has 15 heavy (non-hydrogen) atoms. The molecule has 3 nitrogen and oxygen atoms in total. The van der Waals surface area contributed by atoms with Crippen molar-refractivity contribution in [3.8, 4) is 11.5 Å². The van der Waals surface area contributed by atoms with Crippen molar-refractivity contribution in [2.45, 2.75) is 18.3 Å². The molecular weight excluding hydrogens is 192 g/mol. The maximum Gasteiger partial charge on any atom is 0.161 e. The number of aldehydes is 1. The van der Waals surface area contributed by atoms with Crippen molar-refractivity contribution in [2.24, 2.45) is 0 Å². The SMILES string of the molecule is COc1ccc(C2(C=O)CC2)cc1OC. The lowest BCUT2D eigenvalue weighted by Gasteiger charge is -2.12. The lowest BCUT2D eigenvalue weighted by molar-refractivity contribution is -0.109. The van der Waals surface area contributed by atoms with E-state index in [1.807, 2.05) is 18.2 Å². The highest BCUT2D eigenvalue weighted by molar-refractivity contribution is 5.73. The van der Waals surface area contributed by atoms with Crippen molar-refractivity contribution < 1.29 is 14.3 Å². The Morgan fingerprint density at radius 3 is 2.33 bits per heavy atom. The molecule has 1 fully saturated rings. The molecule has 0 radical (unpaired) electrons. The van der Waals surface area contributed by atoms with E-state index in [0.717, 1.165) is 24.7 Å². The van der Waals surface area contributed by atoms with Crippen LogP contribution < -0.4 is 9.47 Å². The van der Waals surface area contributed by atoms with Gasteiger partial charge in [0.15, 0.2) is 11.5 Å². The summed E-state index contributed by atoms with van der Waals surface area (Å²) in [6.45, 7) is 0. The monoisotopic (exact) mass is 206 g/mol. The Morgan fingerprint density at radius 2 is 1.87 bits per heavy atom. The largest absolute Gasteiger partial charge is 0.493 e. The number of carbonyl (C=O) groups is 1. The smallest absolute Gasteiger partial charge is 0.161 e. The molecule has 0 aliphatic heterocycles. The maximum absolute atomic E-state index is 11.0. The van der Waals surface area contributed by atoms with Gasteiger partial charge in [0.25, 0.3) is 0 Å². The third-order valence-electron chi connectivity index (χ3n) is 2.97. The first-order chi connectivity index (χ1) is 7.25. The number of benzene rings is 1. The van der Waals surface area contributed by atoms with Crippen molar-refractivity contribution in [3.05, 3.63) is 23.8 Å². The average Bonchev–Trinajstić information content (AvgIpc) is 3.09. The van der Waals surface area contributed by atoms with E-state index in [1.165, 1.54) is 0 Å². The summed E-state index contributed by atoms with van der Waals surface area (Å²) in [6, 6.07) is 5.67. The number of hydrogen-bond acceptors (Lipinski definition) is 3. The highest BCUT2D eigenvalue weighted by Gasteiger charge is 2.44. The van der Waals surface area contributed by atoms with E-state index >= 15 is 0 Å². The molecule has 80 valence electrons. The molecule has 0 bridgehead atoms. The summed E-state index contributed by atoms with van der Waals surface area (Å²) in [5, 5.41) is 0. The minimum Gasteiger partial charge on any atom is -0.493 e. The predicted molar refractivity (Wildman–Crippen MR) is 56.5 cm³/mol. The van der Waals surface area contributed by atoms with Gasteiger partial charge in [-0.25, -0.2) is 0 Å². The van der Waals surface area contributed by atoms with Crippen LogP contribution in [0.3, 0.4) is 0 Å². The van der Waals surface area contributed by atoms with Crippen LogP contribution in [-0.2, 0) is 10.2 Å². The van der Waals surface area contributed by atoms with E-state index in [9.17, 15) is 4.79 Å². The summed E-state index contributed by atoms with van der Waals surface area (Å²) in [5.41, 5.74) is 0.773. The Bertz CT molecular complexity index is 380. The van der Waals surface area contributed by atoms with E-state index in [2.05, 4.69) is 0 Å². The third-order valence-corrected chi connectivity index (χ3v) is 2.97. The zero-order chi connectivity index (χ0) is 10.9. The summed E-state index contributed by atoms with van der Waals surface area (Å²) in [4.78, 5) is 11.0. The number of hydrogen-bond donors (Lipinski definition) is 0. The van der Waals surface area contributed by atoms with E-state index < -0.39 is 0 Å². The molecule has 3 heteroatoms. The van der Waals surface area contributed by atoms with Gasteiger partial charge in [-0.3, -0.25) is 0 Å². The Labute approximate surface area is 89.0 Å². The van der Waals surface area contributed by atoms with E-state index in [4.69, 9.17) is 9.47 Å². The minimum absolute atomic E-state index is 0.250. The van der Waals surface area contributed by atoms with Gasteiger partial charge in [0.2, 0.25) is 0 Å². The van der Waals surface area contributed by atoms with Gasteiger partial charge < -0.3 is 14.3 Å². The summed E-state index contributed by atoms with van der Waals surface area (Å²) in [5.74, 6) is 1.38. The van der Waals surface area contributed by atoms with Crippen molar-refractivity contribution in [2.75, 3.05) is 14.2 Å². The second kappa shape index (κ2) is 3.57. The van der Waals surface area contributed by atoms with Crippen LogP contribution in [0.5, 0.6) is 11.5 Å². The zero-order valence-corrected chi connectivity index (χ0v) is 8.95. The predicted octanol–water partition coefficient (Wildman–Crippen LogP) is 1.93. The van der Waals surface area contributed by atoms with Crippen molar-refractivity contribution >= 4 is 6.29 Å². The number of rotatable bonds is 4. The van der Waals surface area contributed by atoms with Crippen molar-refractivity contribution in [1.82, 2.24) is 0 Å². The van der Waals surface area contributed by atoms with Gasteiger partial charge in [-0.05, 0) is 30.5 Å². The average molecular weight is 206 g/mol. The standard InChI is InChI=1S/C12H14O3/c1-14-10-4-3-9(7-11(10)15-2)12(8-13)5-6-12/h3-4,7-8H,5-6H2,1-2H3. The summed E-state index contributed by atoms with van der Waals surface area (Å²) >= 11 is 0. The highest BCUT2D eigenvalue weighted by Crippen LogP contribution is 2.47. The second-order valence-corrected chi connectivity index (χ2v) is 3.84. The molecular formula is C12H14O3. The van der Waals surface area contributed by atoms with Crippen LogP contribution in [-0.4, -0.2) is 20.5 Å². The molecule has 0 heterocycles. The normalized spacial score (nSPS) is 16.9. The molecule has 0 atom stereocenters. The van der Waals surface area contributed by atoms with E-state index in [-0.39, 0.29) is 5.41 Å². The zero-order valence-electron chi connectivity index (χ0n) is 8.95. The molecule has 0 N–H and O–H groups in total. The Morgan fingerprint density at radius 1 is 1.20 bits per heavy atom. The van der Waals surface area contributed by atoms with Crippen LogP contribution in [0.4, 0.5) is 0 Å². The summed E-state index contributed by atoms with van der Waals surface area (Å²) in [6.07, 6.45) is 2.91. The van der Waals surface area contributed by atoms with Crippen LogP contribution >= 0.6 is 0 Å². The van der Waals surface area contributed by atoms with Gasteiger partial charge in [0.1, 0.15) is 6.29 Å². The molecule has 0 unspecified atom stereocenters. The van der Waals surface area contributed by atoms with Crippen LogP contribution in [0.15, 0.2) is 18.2 Å². The topological polar surface area (TPSA) is 35.5 Å². The van der Waals surface area contributed by atoms with Gasteiger partial charge >= 0.3 is 0 Å². The molecule has 1 aromatic carbocycles. The van der Waals surface area contributed by atoms with Gasteiger partial charge in [-0.2, -0.15) is 0 Å². The number of ether oxygens (including phenoxy) is 2. The molecule has 0 amide bonds. The molecule has 0 saturated heterocycles. The Balaban J connectivity index is 2.39. The number of carbonyl (C=O) groups excluding carboxylic acids is 1. The minimum atomic E-state index is -0.250. The molecule has 1 saturated carbocycles. The molecule has 0 aromatic heterocycles. The van der Waals surface area contributed by atoms with Crippen molar-refractivity contribution in [3.63, 3.8) is 0 Å². The van der Waals surface area contributed by atoms with Crippen LogP contribution in [0.25, 0.3) is 0 Å². The second-order valence-electron chi connectivity index (χ2n) is 3.84. The Kier molecular flexibility index (Phi) is 2.39. The van der Waals surface area contributed by atoms with Gasteiger partial charge in [0, 0.05) is 0 Å². The van der Waals surface area contributed by atoms with Crippen LogP contribution in [0.2, 0.25) is 0 Å². The third kappa shape index (κ3) is 1.58. The quantitative estimate of drug-likeness (QED) is 0.706. The van der Waals surface area contributed by atoms with Gasteiger partial charge in [-0.15, -0.1) is 0 Å². The lowest BCUT2D eigenvalue weighted by atomic mass is 9.97. The van der Waals surface area contributed by atoms with Crippen LogP contribution in [0, 0.1) is 0 Å². The Hall–Kier alpha value is -1.51. The first kappa shape index (κ1) is 10.0. The fourth-order valence-corrected chi connectivity index (χ4v) is 1.76. The molecule has 1 aliphatic rings. The molecule has 0 spiro atoms. The number of methoxy groups -OCH3 is 2. The lowest BCUT2D eigenvalue weighted by Crippen LogP contribution is -2.08. The van der Waals surface area contributed by atoms with Crippen LogP contribution in [0.1, 0.15) is 18.4 Å². The first-order valence-electron chi connectivity index (χ1n) is 4.94. The van der Waals surface area contributed by atoms with Crippen molar-refractivity contribution in [1.29, 1.82) is 0 Å². The molecule has 1 aliphatic carbocycles.